The summed E-state index contributed by atoms with van der Waals surface area (Å²) in [5, 5.41) is 18.0. The molecular weight excluding hydrogens is 224 g/mol. The third-order valence-electron chi connectivity index (χ3n) is 3.84. The van der Waals surface area contributed by atoms with Gasteiger partial charge in [0, 0.05) is 25.7 Å². The minimum Gasteiger partial charge on any atom is -0.396 e. The average Bonchev–Trinajstić information content (AvgIpc) is 2.42. The van der Waals surface area contributed by atoms with Crippen LogP contribution in [0.1, 0.15) is 30.9 Å². The van der Waals surface area contributed by atoms with Gasteiger partial charge in [0.15, 0.2) is 0 Å². The van der Waals surface area contributed by atoms with Crippen LogP contribution in [-0.2, 0) is 6.54 Å². The van der Waals surface area contributed by atoms with Crippen LogP contribution in [0, 0.1) is 17.2 Å². The minimum atomic E-state index is 0.288. The normalized spacial score (nSPS) is 24.7. The largest absolute Gasteiger partial charge is 0.396 e. The van der Waals surface area contributed by atoms with E-state index in [1.807, 2.05) is 24.3 Å². The van der Waals surface area contributed by atoms with E-state index in [-0.39, 0.29) is 6.61 Å². The molecule has 0 amide bonds. The van der Waals surface area contributed by atoms with Gasteiger partial charge in [-0.15, -0.1) is 0 Å². The van der Waals surface area contributed by atoms with Crippen LogP contribution in [-0.4, -0.2) is 29.2 Å². The summed E-state index contributed by atoms with van der Waals surface area (Å²) in [5.74, 6) is 0.416. The molecule has 0 spiro atoms. The molecule has 1 heterocycles. The van der Waals surface area contributed by atoms with Gasteiger partial charge in [-0.2, -0.15) is 5.26 Å². The summed E-state index contributed by atoms with van der Waals surface area (Å²) >= 11 is 0. The van der Waals surface area contributed by atoms with Crippen molar-refractivity contribution in [1.82, 2.24) is 4.90 Å². The molecule has 18 heavy (non-hydrogen) atoms. The molecule has 1 saturated heterocycles. The molecule has 96 valence electrons. The summed E-state index contributed by atoms with van der Waals surface area (Å²) in [7, 11) is 0. The van der Waals surface area contributed by atoms with E-state index < -0.39 is 0 Å². The molecule has 2 rings (SSSR count). The lowest BCUT2D eigenvalue weighted by Gasteiger charge is -2.37. The van der Waals surface area contributed by atoms with Gasteiger partial charge in [-0.1, -0.05) is 12.1 Å². The standard InChI is InChI=1S/C15H20N2O/c1-12-2-3-15(11-18)10-17(12)9-14-6-4-13(8-16)5-7-14/h4-7,12,15,18H,2-3,9-11H2,1H3. The number of nitrogens with zero attached hydrogens (tertiary/aromatic N) is 2. The molecule has 0 saturated carbocycles. The highest BCUT2D eigenvalue weighted by atomic mass is 16.3. The number of hydrogen-bond donors (Lipinski definition) is 1. The maximum Gasteiger partial charge on any atom is 0.0991 e. The van der Waals surface area contributed by atoms with Gasteiger partial charge in [0.2, 0.25) is 0 Å². The number of hydrogen-bond acceptors (Lipinski definition) is 3. The van der Waals surface area contributed by atoms with E-state index in [4.69, 9.17) is 5.26 Å². The topological polar surface area (TPSA) is 47.3 Å². The first-order valence-corrected chi connectivity index (χ1v) is 6.57. The highest BCUT2D eigenvalue weighted by molar-refractivity contribution is 5.31. The quantitative estimate of drug-likeness (QED) is 0.886. The van der Waals surface area contributed by atoms with Crippen molar-refractivity contribution in [3.05, 3.63) is 35.4 Å². The molecule has 1 N–H and O–H groups in total. The molecule has 2 atom stereocenters. The van der Waals surface area contributed by atoms with Crippen LogP contribution in [0.2, 0.25) is 0 Å². The van der Waals surface area contributed by atoms with Gasteiger partial charge in [-0.05, 0) is 43.4 Å². The molecule has 0 radical (unpaired) electrons. The average molecular weight is 244 g/mol. The van der Waals surface area contributed by atoms with Crippen LogP contribution in [0.3, 0.4) is 0 Å². The van der Waals surface area contributed by atoms with Crippen molar-refractivity contribution in [2.24, 2.45) is 5.92 Å². The molecule has 1 fully saturated rings. The summed E-state index contributed by atoms with van der Waals surface area (Å²) in [4.78, 5) is 2.42. The molecular formula is C15H20N2O. The van der Waals surface area contributed by atoms with Gasteiger partial charge in [0.1, 0.15) is 0 Å². The van der Waals surface area contributed by atoms with E-state index in [1.54, 1.807) is 0 Å². The Hall–Kier alpha value is -1.37. The Balaban J connectivity index is 2.00. The van der Waals surface area contributed by atoms with Crippen LogP contribution in [0.5, 0.6) is 0 Å². The van der Waals surface area contributed by atoms with Crippen LogP contribution >= 0.6 is 0 Å². The molecule has 0 bridgehead atoms. The van der Waals surface area contributed by atoms with Gasteiger partial charge in [0.25, 0.3) is 0 Å². The van der Waals surface area contributed by atoms with Crippen LogP contribution < -0.4 is 0 Å². The lowest BCUT2D eigenvalue weighted by molar-refractivity contribution is 0.0771. The van der Waals surface area contributed by atoms with E-state index in [2.05, 4.69) is 17.9 Å². The van der Waals surface area contributed by atoms with Gasteiger partial charge in [0.05, 0.1) is 11.6 Å². The van der Waals surface area contributed by atoms with E-state index in [0.717, 1.165) is 25.9 Å². The first kappa shape index (κ1) is 13.1. The van der Waals surface area contributed by atoms with Gasteiger partial charge in [-0.25, -0.2) is 0 Å². The Labute approximate surface area is 109 Å². The van der Waals surface area contributed by atoms with Crippen molar-refractivity contribution >= 4 is 0 Å². The summed E-state index contributed by atoms with van der Waals surface area (Å²) in [6, 6.07) is 10.5. The maximum atomic E-state index is 9.27. The molecule has 2 unspecified atom stereocenters. The molecule has 0 aromatic heterocycles. The van der Waals surface area contributed by atoms with E-state index in [0.29, 0.717) is 17.5 Å². The second-order valence-corrected chi connectivity index (χ2v) is 5.21. The number of nitriles is 1. The molecule has 1 aliphatic rings. The van der Waals surface area contributed by atoms with Gasteiger partial charge >= 0.3 is 0 Å². The summed E-state index contributed by atoms with van der Waals surface area (Å²) in [6.07, 6.45) is 2.28. The Kier molecular flexibility index (Phi) is 4.35. The fourth-order valence-electron chi connectivity index (χ4n) is 2.55. The lowest BCUT2D eigenvalue weighted by Crippen LogP contribution is -2.42. The highest BCUT2D eigenvalue weighted by Crippen LogP contribution is 2.23. The lowest BCUT2D eigenvalue weighted by atomic mass is 9.93. The van der Waals surface area contributed by atoms with Crippen LogP contribution in [0.4, 0.5) is 0 Å². The fraction of sp³-hybridized carbons (Fsp3) is 0.533. The highest BCUT2D eigenvalue weighted by Gasteiger charge is 2.24. The number of benzene rings is 1. The van der Waals surface area contributed by atoms with Crippen molar-refractivity contribution in [2.45, 2.75) is 32.4 Å². The predicted molar refractivity (Wildman–Crippen MR) is 70.8 cm³/mol. The Morgan fingerprint density at radius 3 is 2.67 bits per heavy atom. The fourth-order valence-corrected chi connectivity index (χ4v) is 2.55. The molecule has 3 heteroatoms. The first-order chi connectivity index (χ1) is 8.72. The maximum absolute atomic E-state index is 9.27. The molecule has 0 aliphatic carbocycles. The second-order valence-electron chi connectivity index (χ2n) is 5.21. The van der Waals surface area contributed by atoms with Gasteiger partial charge < -0.3 is 5.11 Å². The van der Waals surface area contributed by atoms with E-state index >= 15 is 0 Å². The van der Waals surface area contributed by atoms with E-state index in [1.165, 1.54) is 5.56 Å². The molecule has 1 aromatic rings. The number of rotatable bonds is 3. The second kappa shape index (κ2) is 5.99. The summed E-state index contributed by atoms with van der Waals surface area (Å²) in [6.45, 7) is 4.41. The Bertz CT molecular complexity index is 421. The minimum absolute atomic E-state index is 0.288. The molecule has 3 nitrogen and oxygen atoms in total. The monoisotopic (exact) mass is 244 g/mol. The zero-order valence-corrected chi connectivity index (χ0v) is 10.8. The predicted octanol–water partition coefficient (Wildman–Crippen LogP) is 2.15. The summed E-state index contributed by atoms with van der Waals surface area (Å²) in [5.41, 5.74) is 1.94. The Morgan fingerprint density at radius 2 is 2.06 bits per heavy atom. The molecule has 1 aliphatic heterocycles. The van der Waals surface area contributed by atoms with Crippen LogP contribution in [0.15, 0.2) is 24.3 Å². The molecule has 1 aromatic carbocycles. The van der Waals surface area contributed by atoms with Gasteiger partial charge in [-0.3, -0.25) is 4.90 Å². The van der Waals surface area contributed by atoms with Crippen molar-refractivity contribution < 1.29 is 5.11 Å². The smallest absolute Gasteiger partial charge is 0.0991 e. The zero-order chi connectivity index (χ0) is 13.0. The summed E-state index contributed by atoms with van der Waals surface area (Å²) < 4.78 is 0. The third-order valence-corrected chi connectivity index (χ3v) is 3.84. The van der Waals surface area contributed by atoms with Crippen molar-refractivity contribution in [2.75, 3.05) is 13.2 Å². The zero-order valence-electron chi connectivity index (χ0n) is 10.8. The third kappa shape index (κ3) is 3.10. The van der Waals surface area contributed by atoms with Crippen LogP contribution in [0.25, 0.3) is 0 Å². The van der Waals surface area contributed by atoms with Crippen molar-refractivity contribution in [3.8, 4) is 6.07 Å². The van der Waals surface area contributed by atoms with Crippen molar-refractivity contribution in [1.29, 1.82) is 5.26 Å². The number of likely N-dealkylation sites (tertiary alicyclic amines) is 1. The number of piperidine rings is 1. The number of aliphatic hydroxyl groups is 1. The first-order valence-electron chi connectivity index (χ1n) is 6.57. The SMILES string of the molecule is CC1CCC(CO)CN1Cc1ccc(C#N)cc1. The van der Waals surface area contributed by atoms with E-state index in [9.17, 15) is 5.11 Å². The Morgan fingerprint density at radius 1 is 1.33 bits per heavy atom. The van der Waals surface area contributed by atoms with Crippen molar-refractivity contribution in [3.63, 3.8) is 0 Å². The number of aliphatic hydroxyl groups excluding tert-OH is 1.